The van der Waals surface area contributed by atoms with Gasteiger partial charge in [-0.05, 0) is 41.9 Å². The van der Waals surface area contributed by atoms with Crippen molar-refractivity contribution in [2.45, 2.75) is 17.2 Å². The molecule has 0 spiro atoms. The molecule has 1 aliphatic rings. The molecule has 2 aromatic rings. The second-order valence-electron chi connectivity index (χ2n) is 5.23. The van der Waals surface area contributed by atoms with Crippen LogP contribution in [0.25, 0.3) is 0 Å². The summed E-state index contributed by atoms with van der Waals surface area (Å²) in [6.07, 6.45) is 2.06. The Kier molecular flexibility index (Phi) is 5.28. The number of pyridine rings is 1. The monoisotopic (exact) mass is 364 g/mol. The number of hydrogen-bond acceptors (Lipinski definition) is 5. The standard InChI is InChI=1S/C17H14F2N2O3S/c18-17(19)25-15-12(5-3-8-20-15)16(23)24-10-14(22)21-9-7-11-4-1-2-6-13(11)21/h1-6,8,17H,7,9-10H2. The van der Waals surface area contributed by atoms with Crippen LogP contribution < -0.4 is 4.90 Å². The van der Waals surface area contributed by atoms with Gasteiger partial charge in [0.15, 0.2) is 6.61 Å². The SMILES string of the molecule is O=C(OCC(=O)N1CCc2ccccc21)c1cccnc1SC(F)F. The van der Waals surface area contributed by atoms with Crippen molar-refractivity contribution in [2.24, 2.45) is 0 Å². The summed E-state index contributed by atoms with van der Waals surface area (Å²) in [5.74, 6) is -3.91. The number of para-hydroxylation sites is 1. The fraction of sp³-hybridized carbons (Fsp3) is 0.235. The molecule has 130 valence electrons. The molecule has 0 unspecified atom stereocenters. The normalized spacial score (nSPS) is 13.0. The first-order valence-corrected chi connectivity index (χ1v) is 8.39. The Morgan fingerprint density at radius 3 is 2.84 bits per heavy atom. The number of ether oxygens (including phenoxy) is 1. The Morgan fingerprint density at radius 2 is 2.04 bits per heavy atom. The lowest BCUT2D eigenvalue weighted by atomic mass is 10.2. The van der Waals surface area contributed by atoms with Crippen LogP contribution in [0.1, 0.15) is 15.9 Å². The molecule has 3 rings (SSSR count). The van der Waals surface area contributed by atoms with E-state index in [1.54, 1.807) is 4.90 Å². The van der Waals surface area contributed by atoms with Crippen LogP contribution >= 0.6 is 11.8 Å². The van der Waals surface area contributed by atoms with Gasteiger partial charge in [0.25, 0.3) is 11.7 Å². The highest BCUT2D eigenvalue weighted by Crippen LogP contribution is 2.28. The van der Waals surface area contributed by atoms with Gasteiger partial charge < -0.3 is 9.64 Å². The van der Waals surface area contributed by atoms with Crippen molar-refractivity contribution in [1.82, 2.24) is 4.98 Å². The number of alkyl halides is 2. The number of fused-ring (bicyclic) bond motifs is 1. The van der Waals surface area contributed by atoms with E-state index in [2.05, 4.69) is 4.98 Å². The van der Waals surface area contributed by atoms with Crippen molar-refractivity contribution < 1.29 is 23.1 Å². The van der Waals surface area contributed by atoms with Crippen LogP contribution in [-0.4, -0.2) is 35.8 Å². The van der Waals surface area contributed by atoms with Crippen molar-refractivity contribution in [1.29, 1.82) is 0 Å². The molecule has 0 bridgehead atoms. The number of benzene rings is 1. The maximum Gasteiger partial charge on any atom is 0.341 e. The van der Waals surface area contributed by atoms with Crippen molar-refractivity contribution >= 4 is 29.3 Å². The summed E-state index contributed by atoms with van der Waals surface area (Å²) in [5, 5.41) is -0.124. The van der Waals surface area contributed by atoms with E-state index < -0.39 is 18.3 Å². The summed E-state index contributed by atoms with van der Waals surface area (Å²) in [5.41, 5.74) is 1.78. The highest BCUT2D eigenvalue weighted by atomic mass is 32.2. The summed E-state index contributed by atoms with van der Waals surface area (Å²) in [6, 6.07) is 10.3. The minimum Gasteiger partial charge on any atom is -0.452 e. The molecule has 1 amide bonds. The van der Waals surface area contributed by atoms with Gasteiger partial charge in [-0.2, -0.15) is 8.78 Å². The lowest BCUT2D eigenvalue weighted by molar-refractivity contribution is -0.121. The lowest BCUT2D eigenvalue weighted by Gasteiger charge is -2.17. The van der Waals surface area contributed by atoms with E-state index in [-0.39, 0.29) is 28.3 Å². The smallest absolute Gasteiger partial charge is 0.341 e. The summed E-state index contributed by atoms with van der Waals surface area (Å²) >= 11 is 0.163. The zero-order valence-electron chi connectivity index (χ0n) is 13.0. The molecule has 0 saturated heterocycles. The quantitative estimate of drug-likeness (QED) is 0.603. The molecule has 2 heterocycles. The molecule has 8 heteroatoms. The summed E-state index contributed by atoms with van der Waals surface area (Å²) in [4.78, 5) is 29.8. The Balaban J connectivity index is 1.64. The van der Waals surface area contributed by atoms with Crippen LogP contribution in [0.3, 0.4) is 0 Å². The van der Waals surface area contributed by atoms with Gasteiger partial charge >= 0.3 is 5.97 Å². The molecule has 0 atom stereocenters. The summed E-state index contributed by atoms with van der Waals surface area (Å²) < 4.78 is 30.1. The van der Waals surface area contributed by atoms with E-state index >= 15 is 0 Å². The third kappa shape index (κ3) is 3.96. The molecule has 0 aliphatic carbocycles. The molecule has 0 fully saturated rings. The molecular weight excluding hydrogens is 350 g/mol. The molecule has 0 N–H and O–H groups in total. The fourth-order valence-electron chi connectivity index (χ4n) is 2.60. The minimum atomic E-state index is -2.70. The van der Waals surface area contributed by atoms with Gasteiger partial charge in [-0.1, -0.05) is 18.2 Å². The largest absolute Gasteiger partial charge is 0.452 e. The van der Waals surface area contributed by atoms with Crippen LogP contribution in [0, 0.1) is 0 Å². The molecule has 1 aromatic heterocycles. The average Bonchev–Trinajstić information content (AvgIpc) is 3.03. The maximum absolute atomic E-state index is 12.5. The van der Waals surface area contributed by atoms with Crippen LogP contribution in [0.5, 0.6) is 0 Å². The molecule has 0 saturated carbocycles. The molecule has 25 heavy (non-hydrogen) atoms. The molecular formula is C17H14F2N2O3S. The number of carbonyl (C=O) groups is 2. The predicted octanol–water partition coefficient (Wildman–Crippen LogP) is 3.14. The zero-order chi connectivity index (χ0) is 17.8. The summed E-state index contributed by atoms with van der Waals surface area (Å²) in [6.45, 7) is 0.0654. The molecule has 5 nitrogen and oxygen atoms in total. The number of anilines is 1. The number of aromatic nitrogens is 1. The number of esters is 1. The van der Waals surface area contributed by atoms with Crippen LogP contribution in [0.15, 0.2) is 47.6 Å². The van der Waals surface area contributed by atoms with Gasteiger partial charge in [0.05, 0.1) is 5.56 Å². The summed E-state index contributed by atoms with van der Waals surface area (Å²) in [7, 11) is 0. The molecule has 1 aliphatic heterocycles. The Bertz CT molecular complexity index is 801. The molecule has 1 aromatic carbocycles. The van der Waals surface area contributed by atoms with Gasteiger partial charge in [-0.15, -0.1) is 0 Å². The second-order valence-corrected chi connectivity index (χ2v) is 6.21. The van der Waals surface area contributed by atoms with Crippen molar-refractivity contribution in [3.63, 3.8) is 0 Å². The van der Waals surface area contributed by atoms with Crippen molar-refractivity contribution in [2.75, 3.05) is 18.1 Å². The van der Waals surface area contributed by atoms with Gasteiger partial charge in [-0.25, -0.2) is 9.78 Å². The second kappa shape index (κ2) is 7.60. The molecule has 0 radical (unpaired) electrons. The zero-order valence-corrected chi connectivity index (χ0v) is 13.8. The first-order chi connectivity index (χ1) is 12.1. The Labute approximate surface area is 147 Å². The first kappa shape index (κ1) is 17.3. The number of hydrogen-bond donors (Lipinski definition) is 0. The number of nitrogens with zero attached hydrogens (tertiary/aromatic N) is 2. The van der Waals surface area contributed by atoms with E-state index in [1.807, 2.05) is 24.3 Å². The number of carbonyl (C=O) groups excluding carboxylic acids is 2. The highest BCUT2D eigenvalue weighted by molar-refractivity contribution is 7.99. The number of thioether (sulfide) groups is 1. The highest BCUT2D eigenvalue weighted by Gasteiger charge is 2.25. The van der Waals surface area contributed by atoms with Gasteiger partial charge in [-0.3, -0.25) is 4.79 Å². The maximum atomic E-state index is 12.5. The van der Waals surface area contributed by atoms with Gasteiger partial charge in [0.1, 0.15) is 5.03 Å². The topological polar surface area (TPSA) is 59.5 Å². The number of halogens is 2. The van der Waals surface area contributed by atoms with Gasteiger partial charge in [0, 0.05) is 18.4 Å². The number of rotatable bonds is 5. The lowest BCUT2D eigenvalue weighted by Crippen LogP contribution is -2.33. The third-order valence-corrected chi connectivity index (χ3v) is 4.43. The van der Waals surface area contributed by atoms with Crippen LogP contribution in [-0.2, 0) is 16.0 Å². The fourth-order valence-corrected chi connectivity index (χ4v) is 3.17. The number of amides is 1. The minimum absolute atomic E-state index is 0.0811. The Morgan fingerprint density at radius 1 is 1.24 bits per heavy atom. The van der Waals surface area contributed by atoms with Gasteiger partial charge in [0.2, 0.25) is 0 Å². The van der Waals surface area contributed by atoms with Crippen molar-refractivity contribution in [3.05, 3.63) is 53.7 Å². The van der Waals surface area contributed by atoms with Crippen LogP contribution in [0.4, 0.5) is 14.5 Å². The Hall–Kier alpha value is -2.48. The van der Waals surface area contributed by atoms with E-state index in [0.717, 1.165) is 17.7 Å². The van der Waals surface area contributed by atoms with E-state index in [1.165, 1.54) is 18.3 Å². The first-order valence-electron chi connectivity index (χ1n) is 7.51. The van der Waals surface area contributed by atoms with Crippen LogP contribution in [0.2, 0.25) is 0 Å². The third-order valence-electron chi connectivity index (χ3n) is 3.71. The van der Waals surface area contributed by atoms with Crippen molar-refractivity contribution in [3.8, 4) is 0 Å². The van der Waals surface area contributed by atoms with E-state index in [9.17, 15) is 18.4 Å². The predicted molar refractivity (Wildman–Crippen MR) is 88.9 cm³/mol. The average molecular weight is 364 g/mol. The van der Waals surface area contributed by atoms with E-state index in [4.69, 9.17) is 4.74 Å². The van der Waals surface area contributed by atoms with E-state index in [0.29, 0.717) is 6.54 Å².